The van der Waals surface area contributed by atoms with Crippen LogP contribution in [0.5, 0.6) is 0 Å². The van der Waals surface area contributed by atoms with Crippen LogP contribution in [0.2, 0.25) is 0 Å². The highest BCUT2D eigenvalue weighted by Gasteiger charge is 2.17. The van der Waals surface area contributed by atoms with Crippen LogP contribution in [0.3, 0.4) is 0 Å². The number of carboxylic acids is 1. The van der Waals surface area contributed by atoms with E-state index in [9.17, 15) is 9.90 Å². The van der Waals surface area contributed by atoms with E-state index in [1.807, 2.05) is 25.1 Å². The summed E-state index contributed by atoms with van der Waals surface area (Å²) in [6.07, 6.45) is 2.18. The summed E-state index contributed by atoms with van der Waals surface area (Å²) in [5.74, 6) is 0.644. The van der Waals surface area contributed by atoms with Crippen molar-refractivity contribution in [3.63, 3.8) is 0 Å². The molecule has 0 aliphatic carbocycles. The molecule has 1 aromatic carbocycles. The van der Waals surface area contributed by atoms with Crippen LogP contribution in [0, 0.1) is 5.92 Å². The summed E-state index contributed by atoms with van der Waals surface area (Å²) in [5, 5.41) is 12.8. The predicted octanol–water partition coefficient (Wildman–Crippen LogP) is 4.73. The van der Waals surface area contributed by atoms with Gasteiger partial charge in [-0.2, -0.15) is 0 Å². The van der Waals surface area contributed by atoms with E-state index in [1.165, 1.54) is 0 Å². The normalized spacial score (nSPS) is 13.8. The zero-order chi connectivity index (χ0) is 15.1. The van der Waals surface area contributed by atoms with E-state index in [4.69, 9.17) is 0 Å². The van der Waals surface area contributed by atoms with E-state index in [1.54, 1.807) is 11.8 Å². The van der Waals surface area contributed by atoms with Crippen molar-refractivity contribution < 1.29 is 9.90 Å². The molecular formula is C16H25NO2S. The minimum Gasteiger partial charge on any atom is -0.478 e. The Hall–Kier alpha value is -1.16. The van der Waals surface area contributed by atoms with Crippen molar-refractivity contribution in [2.24, 2.45) is 5.92 Å². The van der Waals surface area contributed by atoms with E-state index >= 15 is 0 Å². The fraction of sp³-hybridized carbons (Fsp3) is 0.562. The summed E-state index contributed by atoms with van der Waals surface area (Å²) >= 11 is 1.57. The number of hydrogen-bond acceptors (Lipinski definition) is 3. The van der Waals surface area contributed by atoms with Gasteiger partial charge < -0.3 is 10.4 Å². The van der Waals surface area contributed by atoms with Crippen molar-refractivity contribution in [1.29, 1.82) is 0 Å². The van der Waals surface area contributed by atoms with E-state index in [-0.39, 0.29) is 6.04 Å². The maximum Gasteiger partial charge on any atom is 0.338 e. The minimum atomic E-state index is -0.861. The molecule has 20 heavy (non-hydrogen) atoms. The molecule has 0 amide bonds. The summed E-state index contributed by atoms with van der Waals surface area (Å²) in [4.78, 5) is 12.4. The first kappa shape index (κ1) is 16.9. The monoisotopic (exact) mass is 295 g/mol. The number of nitrogens with one attached hydrogen (secondary N) is 1. The fourth-order valence-electron chi connectivity index (χ4n) is 2.24. The molecular weight excluding hydrogens is 270 g/mol. The number of aromatic carboxylic acids is 1. The number of anilines is 1. The van der Waals surface area contributed by atoms with Crippen molar-refractivity contribution in [3.05, 3.63) is 23.8 Å². The maximum absolute atomic E-state index is 11.5. The molecule has 0 heterocycles. The van der Waals surface area contributed by atoms with Crippen molar-refractivity contribution in [3.8, 4) is 0 Å². The predicted molar refractivity (Wildman–Crippen MR) is 87.0 cm³/mol. The highest BCUT2D eigenvalue weighted by Crippen LogP contribution is 2.29. The van der Waals surface area contributed by atoms with Gasteiger partial charge in [0, 0.05) is 10.9 Å². The quantitative estimate of drug-likeness (QED) is 0.680. The molecule has 0 fully saturated rings. The van der Waals surface area contributed by atoms with E-state index in [0.717, 1.165) is 29.2 Å². The zero-order valence-electron chi connectivity index (χ0n) is 12.8. The summed E-state index contributed by atoms with van der Waals surface area (Å²) < 4.78 is 0. The van der Waals surface area contributed by atoms with E-state index < -0.39 is 5.97 Å². The second-order valence-corrected chi connectivity index (χ2v) is 6.52. The first-order valence-electron chi connectivity index (χ1n) is 7.25. The Labute approximate surface area is 126 Å². The molecule has 0 radical (unpaired) electrons. The molecule has 0 aliphatic rings. The first-order chi connectivity index (χ1) is 9.49. The van der Waals surface area contributed by atoms with Gasteiger partial charge in [0.2, 0.25) is 0 Å². The third-order valence-electron chi connectivity index (χ3n) is 3.39. The van der Waals surface area contributed by atoms with Crippen LogP contribution in [-0.4, -0.2) is 22.9 Å². The molecule has 0 saturated heterocycles. The maximum atomic E-state index is 11.5. The van der Waals surface area contributed by atoms with Gasteiger partial charge in [0.25, 0.3) is 0 Å². The minimum absolute atomic E-state index is 0.268. The third kappa shape index (κ3) is 4.75. The Balaban J connectivity index is 2.93. The number of carbonyl (C=O) groups is 1. The van der Waals surface area contributed by atoms with E-state index in [0.29, 0.717) is 11.5 Å². The van der Waals surface area contributed by atoms with Crippen LogP contribution in [0.1, 0.15) is 50.9 Å². The third-order valence-corrected chi connectivity index (χ3v) is 4.33. The average molecular weight is 295 g/mol. The molecule has 1 rings (SSSR count). The Morgan fingerprint density at radius 3 is 2.60 bits per heavy atom. The molecule has 0 bridgehead atoms. The van der Waals surface area contributed by atoms with Crippen molar-refractivity contribution in [1.82, 2.24) is 0 Å². The van der Waals surface area contributed by atoms with Gasteiger partial charge in [-0.15, -0.1) is 11.8 Å². The van der Waals surface area contributed by atoms with Crippen LogP contribution in [0.15, 0.2) is 23.1 Å². The number of benzene rings is 1. The Morgan fingerprint density at radius 1 is 1.35 bits per heavy atom. The topological polar surface area (TPSA) is 49.3 Å². The molecule has 0 aromatic heterocycles. The largest absolute Gasteiger partial charge is 0.478 e. The first-order valence-corrected chi connectivity index (χ1v) is 8.23. The lowest BCUT2D eigenvalue weighted by atomic mass is 10.00. The highest BCUT2D eigenvalue weighted by atomic mass is 32.2. The van der Waals surface area contributed by atoms with Gasteiger partial charge in [-0.25, -0.2) is 4.79 Å². The SMILES string of the molecule is CCSc1cccc(NC(C)CC(C)CC)c1C(=O)O. The number of carboxylic acid groups (broad SMARTS) is 1. The number of rotatable bonds is 8. The number of hydrogen-bond donors (Lipinski definition) is 2. The standard InChI is InChI=1S/C16H25NO2S/c1-5-11(3)10-12(4)17-13-8-7-9-14(20-6-2)15(13)16(18)19/h7-9,11-12,17H,5-6,10H2,1-4H3,(H,18,19). The van der Waals surface area contributed by atoms with Gasteiger partial charge in [-0.3, -0.25) is 0 Å². The van der Waals surface area contributed by atoms with E-state index in [2.05, 4.69) is 26.1 Å². The van der Waals surface area contributed by atoms with Gasteiger partial charge in [-0.1, -0.05) is 33.3 Å². The lowest BCUT2D eigenvalue weighted by Crippen LogP contribution is -2.20. The molecule has 3 nitrogen and oxygen atoms in total. The molecule has 2 N–H and O–H groups in total. The highest BCUT2D eigenvalue weighted by molar-refractivity contribution is 7.99. The second-order valence-electron chi connectivity index (χ2n) is 5.21. The molecule has 2 unspecified atom stereocenters. The summed E-state index contributed by atoms with van der Waals surface area (Å²) in [7, 11) is 0. The van der Waals surface area contributed by atoms with Gasteiger partial charge >= 0.3 is 5.97 Å². The van der Waals surface area contributed by atoms with Crippen molar-refractivity contribution in [2.45, 2.75) is 51.5 Å². The summed E-state index contributed by atoms with van der Waals surface area (Å²) in [6.45, 7) is 8.54. The summed E-state index contributed by atoms with van der Waals surface area (Å²) in [5.41, 5.74) is 1.13. The van der Waals surface area contributed by atoms with Crippen molar-refractivity contribution >= 4 is 23.4 Å². The van der Waals surface area contributed by atoms with Gasteiger partial charge in [0.1, 0.15) is 0 Å². The molecule has 4 heteroatoms. The molecule has 1 aromatic rings. The Kier molecular flexibility index (Phi) is 6.93. The average Bonchev–Trinajstić information content (AvgIpc) is 2.38. The fourth-order valence-corrected chi connectivity index (χ4v) is 3.07. The van der Waals surface area contributed by atoms with Gasteiger partial charge in [0.15, 0.2) is 0 Å². The van der Waals surface area contributed by atoms with Gasteiger partial charge in [-0.05, 0) is 37.1 Å². The van der Waals surface area contributed by atoms with Crippen LogP contribution in [0.25, 0.3) is 0 Å². The van der Waals surface area contributed by atoms with Crippen LogP contribution >= 0.6 is 11.8 Å². The Morgan fingerprint density at radius 2 is 2.05 bits per heavy atom. The second kappa shape index (κ2) is 8.20. The van der Waals surface area contributed by atoms with Gasteiger partial charge in [0.05, 0.1) is 11.3 Å². The van der Waals surface area contributed by atoms with Crippen LogP contribution in [-0.2, 0) is 0 Å². The lowest BCUT2D eigenvalue weighted by Gasteiger charge is -2.20. The van der Waals surface area contributed by atoms with Crippen LogP contribution < -0.4 is 5.32 Å². The molecule has 0 aliphatic heterocycles. The molecule has 0 saturated carbocycles. The summed E-state index contributed by atoms with van der Waals surface area (Å²) in [6, 6.07) is 5.92. The van der Waals surface area contributed by atoms with Crippen molar-refractivity contribution in [2.75, 3.05) is 11.1 Å². The molecule has 0 spiro atoms. The lowest BCUT2D eigenvalue weighted by molar-refractivity contribution is 0.0694. The zero-order valence-corrected chi connectivity index (χ0v) is 13.6. The molecule has 112 valence electrons. The van der Waals surface area contributed by atoms with Crippen LogP contribution in [0.4, 0.5) is 5.69 Å². The Bertz CT molecular complexity index is 448. The smallest absolute Gasteiger partial charge is 0.338 e. The number of thioether (sulfide) groups is 1. The molecule has 2 atom stereocenters.